The molecule has 1 aromatic heterocycles. The zero-order chi connectivity index (χ0) is 8.27. The summed E-state index contributed by atoms with van der Waals surface area (Å²) in [5.74, 6) is 6.08. The molecule has 0 aromatic carbocycles. The number of rotatable bonds is 2. The molecule has 0 saturated carbocycles. The number of pyridine rings is 1. The Labute approximate surface area is 65.2 Å². The highest BCUT2D eigenvalue weighted by molar-refractivity contribution is 5.35. The Morgan fingerprint density at radius 1 is 1.64 bits per heavy atom. The Morgan fingerprint density at radius 3 is 2.91 bits per heavy atom. The van der Waals surface area contributed by atoms with Gasteiger partial charge in [-0.05, 0) is 12.1 Å². The number of hydrogen-bond acceptors (Lipinski definition) is 4. The van der Waals surface area contributed by atoms with E-state index in [0.717, 1.165) is 0 Å². The summed E-state index contributed by atoms with van der Waals surface area (Å²) in [7, 11) is 1.70. The summed E-state index contributed by atoms with van der Waals surface area (Å²) in [6.45, 7) is -0.0539. The maximum atomic E-state index is 8.72. The minimum atomic E-state index is -0.0539. The van der Waals surface area contributed by atoms with Crippen LogP contribution < -0.4 is 10.9 Å². The van der Waals surface area contributed by atoms with Gasteiger partial charge in [-0.1, -0.05) is 6.07 Å². The first-order valence-electron chi connectivity index (χ1n) is 3.29. The molecule has 0 unspecified atom stereocenters. The van der Waals surface area contributed by atoms with Gasteiger partial charge in [-0.2, -0.15) is 0 Å². The standard InChI is InChI=1S/C7H11N3O/c1-10(8)7-4-2-3-6(5-11)9-7/h2-4,11H,5,8H2,1H3. The quantitative estimate of drug-likeness (QED) is 0.459. The van der Waals surface area contributed by atoms with Crippen LogP contribution in [0.15, 0.2) is 18.2 Å². The van der Waals surface area contributed by atoms with Gasteiger partial charge in [0, 0.05) is 7.05 Å². The van der Waals surface area contributed by atoms with Crippen molar-refractivity contribution < 1.29 is 5.11 Å². The molecule has 0 fully saturated rings. The van der Waals surface area contributed by atoms with Gasteiger partial charge in [0.05, 0.1) is 12.3 Å². The van der Waals surface area contributed by atoms with Crippen LogP contribution in [0.3, 0.4) is 0 Å². The maximum absolute atomic E-state index is 8.72. The summed E-state index contributed by atoms with van der Waals surface area (Å²) in [6, 6.07) is 5.32. The molecule has 0 atom stereocenters. The Morgan fingerprint density at radius 2 is 2.36 bits per heavy atom. The molecule has 0 aliphatic rings. The largest absolute Gasteiger partial charge is 0.390 e. The van der Waals surface area contributed by atoms with E-state index in [1.54, 1.807) is 25.2 Å². The topological polar surface area (TPSA) is 62.4 Å². The van der Waals surface area contributed by atoms with Crippen LogP contribution in [0.25, 0.3) is 0 Å². The van der Waals surface area contributed by atoms with Gasteiger partial charge in [0.15, 0.2) is 0 Å². The van der Waals surface area contributed by atoms with Crippen LogP contribution in [0.4, 0.5) is 5.82 Å². The molecule has 1 aromatic rings. The first-order chi connectivity index (χ1) is 5.24. The van der Waals surface area contributed by atoms with Crippen molar-refractivity contribution in [1.82, 2.24) is 4.98 Å². The third-order valence-electron chi connectivity index (χ3n) is 1.32. The van der Waals surface area contributed by atoms with E-state index in [-0.39, 0.29) is 6.61 Å². The average Bonchev–Trinajstić information content (AvgIpc) is 2.05. The zero-order valence-electron chi connectivity index (χ0n) is 6.36. The van der Waals surface area contributed by atoms with Crippen molar-refractivity contribution in [2.24, 2.45) is 5.84 Å². The van der Waals surface area contributed by atoms with Crippen LogP contribution in [-0.2, 0) is 6.61 Å². The minimum Gasteiger partial charge on any atom is -0.390 e. The zero-order valence-corrected chi connectivity index (χ0v) is 6.36. The van der Waals surface area contributed by atoms with Crippen molar-refractivity contribution in [3.8, 4) is 0 Å². The predicted octanol–water partition coefficient (Wildman–Crippen LogP) is -0.116. The number of aliphatic hydroxyl groups excluding tert-OH is 1. The van der Waals surface area contributed by atoms with Gasteiger partial charge in [0.2, 0.25) is 0 Å². The number of aliphatic hydroxyl groups is 1. The Bertz CT molecular complexity index is 237. The maximum Gasteiger partial charge on any atom is 0.142 e. The van der Waals surface area contributed by atoms with Crippen LogP contribution in [-0.4, -0.2) is 17.1 Å². The van der Waals surface area contributed by atoms with Gasteiger partial charge in [0.25, 0.3) is 0 Å². The highest BCUT2D eigenvalue weighted by Gasteiger charge is 1.97. The molecule has 0 aliphatic carbocycles. The molecule has 0 spiro atoms. The summed E-state index contributed by atoms with van der Waals surface area (Å²) in [5.41, 5.74) is 0.625. The average molecular weight is 153 g/mol. The van der Waals surface area contributed by atoms with Crippen LogP contribution in [0.1, 0.15) is 5.69 Å². The van der Waals surface area contributed by atoms with E-state index in [1.807, 2.05) is 0 Å². The fraction of sp³-hybridized carbons (Fsp3) is 0.286. The van der Waals surface area contributed by atoms with E-state index >= 15 is 0 Å². The normalized spacial score (nSPS) is 9.73. The molecule has 3 N–H and O–H groups in total. The molecule has 0 aliphatic heterocycles. The van der Waals surface area contributed by atoms with Gasteiger partial charge in [0.1, 0.15) is 5.82 Å². The molecular formula is C7H11N3O. The van der Waals surface area contributed by atoms with Crippen LogP contribution in [0.2, 0.25) is 0 Å². The molecule has 60 valence electrons. The summed E-state index contributed by atoms with van der Waals surface area (Å²) in [6.07, 6.45) is 0. The molecule has 11 heavy (non-hydrogen) atoms. The third-order valence-corrected chi connectivity index (χ3v) is 1.32. The Balaban J connectivity index is 2.91. The Kier molecular flexibility index (Phi) is 2.40. The van der Waals surface area contributed by atoms with Crippen molar-refractivity contribution in [2.75, 3.05) is 12.1 Å². The molecular weight excluding hydrogens is 142 g/mol. The summed E-state index contributed by atoms with van der Waals surface area (Å²) in [4.78, 5) is 4.04. The lowest BCUT2D eigenvalue weighted by Crippen LogP contribution is -2.26. The first kappa shape index (κ1) is 7.97. The van der Waals surface area contributed by atoms with E-state index < -0.39 is 0 Å². The van der Waals surface area contributed by atoms with Gasteiger partial charge in [-0.25, -0.2) is 10.8 Å². The second-order valence-corrected chi connectivity index (χ2v) is 2.26. The lowest BCUT2D eigenvalue weighted by molar-refractivity contribution is 0.277. The second-order valence-electron chi connectivity index (χ2n) is 2.26. The molecule has 0 amide bonds. The molecule has 1 rings (SSSR count). The highest BCUT2D eigenvalue weighted by atomic mass is 16.3. The number of hydrazine groups is 1. The smallest absolute Gasteiger partial charge is 0.142 e. The number of hydrogen-bond donors (Lipinski definition) is 2. The van der Waals surface area contributed by atoms with Gasteiger partial charge in [-0.3, -0.25) is 5.01 Å². The molecule has 0 saturated heterocycles. The summed E-state index contributed by atoms with van der Waals surface area (Å²) in [5, 5.41) is 10.1. The van der Waals surface area contributed by atoms with Crippen molar-refractivity contribution in [3.63, 3.8) is 0 Å². The molecule has 4 nitrogen and oxygen atoms in total. The fourth-order valence-corrected chi connectivity index (χ4v) is 0.751. The fourth-order valence-electron chi connectivity index (χ4n) is 0.751. The minimum absolute atomic E-state index is 0.0539. The van der Waals surface area contributed by atoms with Gasteiger partial charge >= 0.3 is 0 Å². The van der Waals surface area contributed by atoms with E-state index in [9.17, 15) is 0 Å². The predicted molar refractivity (Wildman–Crippen MR) is 42.8 cm³/mol. The van der Waals surface area contributed by atoms with E-state index in [4.69, 9.17) is 10.9 Å². The SMILES string of the molecule is CN(N)c1cccc(CO)n1. The van der Waals surface area contributed by atoms with Crippen LogP contribution in [0.5, 0.6) is 0 Å². The first-order valence-corrected chi connectivity index (χ1v) is 3.29. The molecule has 0 bridgehead atoms. The van der Waals surface area contributed by atoms with Crippen molar-refractivity contribution in [1.29, 1.82) is 0 Å². The number of nitrogens with zero attached hydrogens (tertiary/aromatic N) is 2. The monoisotopic (exact) mass is 153 g/mol. The highest BCUT2D eigenvalue weighted by Crippen LogP contribution is 2.05. The second kappa shape index (κ2) is 3.32. The lowest BCUT2D eigenvalue weighted by atomic mass is 10.3. The van der Waals surface area contributed by atoms with E-state index in [2.05, 4.69) is 4.98 Å². The van der Waals surface area contributed by atoms with E-state index in [1.165, 1.54) is 5.01 Å². The van der Waals surface area contributed by atoms with Gasteiger partial charge < -0.3 is 5.11 Å². The van der Waals surface area contributed by atoms with Gasteiger partial charge in [-0.15, -0.1) is 0 Å². The number of aromatic nitrogens is 1. The summed E-state index contributed by atoms with van der Waals surface area (Å²) >= 11 is 0. The molecule has 0 radical (unpaired) electrons. The summed E-state index contributed by atoms with van der Waals surface area (Å²) < 4.78 is 0. The van der Waals surface area contributed by atoms with Crippen molar-refractivity contribution in [2.45, 2.75) is 6.61 Å². The molecule has 1 heterocycles. The third kappa shape index (κ3) is 1.89. The number of anilines is 1. The van der Waals surface area contributed by atoms with Crippen molar-refractivity contribution in [3.05, 3.63) is 23.9 Å². The van der Waals surface area contributed by atoms with Crippen LogP contribution >= 0.6 is 0 Å². The Hall–Kier alpha value is -1.13. The van der Waals surface area contributed by atoms with Crippen LogP contribution in [0, 0.1) is 0 Å². The molecule has 4 heteroatoms. The lowest BCUT2D eigenvalue weighted by Gasteiger charge is -2.10. The number of nitrogens with two attached hydrogens (primary N) is 1. The van der Waals surface area contributed by atoms with E-state index in [0.29, 0.717) is 11.5 Å². The van der Waals surface area contributed by atoms with Crippen molar-refractivity contribution >= 4 is 5.82 Å².